The van der Waals surface area contributed by atoms with Crippen LogP contribution in [-0.2, 0) is 0 Å². The highest BCUT2D eigenvalue weighted by Gasteiger charge is 2.55. The lowest BCUT2D eigenvalue weighted by Gasteiger charge is -2.60. The number of ether oxygens (including phenoxy) is 2. The number of rotatable bonds is 6. The van der Waals surface area contributed by atoms with Crippen molar-refractivity contribution in [1.82, 2.24) is 0 Å². The maximum atomic E-state index is 6.30. The van der Waals surface area contributed by atoms with Crippen LogP contribution in [0.3, 0.4) is 0 Å². The molecule has 32 heavy (non-hydrogen) atoms. The number of terminal acetylenes is 2. The smallest absolute Gasteiger partial charge is 0.136 e. The molecule has 6 aliphatic rings. The van der Waals surface area contributed by atoms with E-state index < -0.39 is 0 Å². The molecule has 0 unspecified atom stereocenters. The Balaban J connectivity index is 1.26. The van der Waals surface area contributed by atoms with Crippen LogP contribution in [-0.4, -0.2) is 13.2 Å². The van der Waals surface area contributed by atoms with Crippen LogP contribution in [0.2, 0.25) is 0 Å². The van der Waals surface area contributed by atoms with Gasteiger partial charge in [0.15, 0.2) is 0 Å². The molecule has 0 radical (unpaired) electrons. The fraction of sp³-hybridized carbons (Fsp3) is 0.667. The summed E-state index contributed by atoms with van der Waals surface area (Å²) in [5.74, 6) is 11.6. The molecule has 0 amide bonds. The van der Waals surface area contributed by atoms with Gasteiger partial charge in [-0.3, -0.25) is 0 Å². The van der Waals surface area contributed by atoms with Gasteiger partial charge < -0.3 is 9.47 Å². The zero-order valence-electron chi connectivity index (χ0n) is 20.2. The van der Waals surface area contributed by atoms with E-state index in [4.69, 9.17) is 22.3 Å². The van der Waals surface area contributed by atoms with E-state index in [1.54, 1.807) is 0 Å². The summed E-state index contributed by atoms with van der Waals surface area (Å²) < 4.78 is 12.6. The molecule has 0 aliphatic heterocycles. The number of hydrogen-bond acceptors (Lipinski definition) is 2. The van der Waals surface area contributed by atoms with Gasteiger partial charge in [-0.25, -0.2) is 0 Å². The summed E-state index contributed by atoms with van der Waals surface area (Å²) in [7, 11) is 0. The summed E-state index contributed by atoms with van der Waals surface area (Å²) in [4.78, 5) is 0. The second kappa shape index (κ2) is 7.76. The molecule has 0 aromatic heterocycles. The van der Waals surface area contributed by atoms with E-state index in [1.165, 1.54) is 38.5 Å². The molecule has 6 aliphatic carbocycles. The van der Waals surface area contributed by atoms with Crippen LogP contribution in [0.25, 0.3) is 0 Å². The number of hydrogen-bond donors (Lipinski definition) is 0. The molecule has 6 atom stereocenters. The van der Waals surface area contributed by atoms with Crippen molar-refractivity contribution in [3.63, 3.8) is 0 Å². The molecule has 1 aromatic carbocycles. The average molecular weight is 431 g/mol. The third-order valence-corrected chi connectivity index (χ3v) is 10.3. The Morgan fingerprint density at radius 1 is 0.750 bits per heavy atom. The minimum absolute atomic E-state index is 0.455. The van der Waals surface area contributed by atoms with Gasteiger partial charge in [0.2, 0.25) is 0 Å². The van der Waals surface area contributed by atoms with Crippen LogP contribution in [0, 0.1) is 71.0 Å². The van der Waals surface area contributed by atoms with Crippen molar-refractivity contribution in [1.29, 1.82) is 0 Å². The Labute approximate surface area is 194 Å². The normalized spacial score (nSPS) is 35.4. The van der Waals surface area contributed by atoms with Gasteiger partial charge in [-0.2, -0.15) is 0 Å². The largest absolute Gasteiger partial charge is 0.492 e. The van der Waals surface area contributed by atoms with Gasteiger partial charge in [0.1, 0.15) is 11.5 Å². The van der Waals surface area contributed by atoms with Gasteiger partial charge in [0.05, 0.1) is 24.3 Å². The highest BCUT2D eigenvalue weighted by molar-refractivity contribution is 5.57. The van der Waals surface area contributed by atoms with Gasteiger partial charge in [-0.05, 0) is 84.9 Å². The Bertz CT molecular complexity index is 888. The Morgan fingerprint density at radius 3 is 1.47 bits per heavy atom. The van der Waals surface area contributed by atoms with Gasteiger partial charge >= 0.3 is 0 Å². The third kappa shape index (κ3) is 3.34. The molecule has 7 rings (SSSR count). The quantitative estimate of drug-likeness (QED) is 0.476. The van der Waals surface area contributed by atoms with Crippen molar-refractivity contribution in [2.45, 2.75) is 66.2 Å². The van der Waals surface area contributed by atoms with E-state index in [0.717, 1.165) is 59.5 Å². The Kier molecular flexibility index (Phi) is 5.28. The fourth-order valence-corrected chi connectivity index (χ4v) is 7.74. The average Bonchev–Trinajstić information content (AvgIpc) is 2.80. The first kappa shape index (κ1) is 21.8. The Hall–Kier alpha value is -2.06. The van der Waals surface area contributed by atoms with Gasteiger partial charge in [0.25, 0.3) is 0 Å². The molecule has 0 saturated heterocycles. The molecule has 0 N–H and O–H groups in total. The van der Waals surface area contributed by atoms with E-state index >= 15 is 0 Å². The summed E-state index contributed by atoms with van der Waals surface area (Å²) in [6.07, 6.45) is 19.6. The van der Waals surface area contributed by atoms with Gasteiger partial charge in [-0.1, -0.05) is 39.5 Å². The summed E-state index contributed by atoms with van der Waals surface area (Å²) in [5.41, 5.74) is 2.40. The van der Waals surface area contributed by atoms with Gasteiger partial charge in [-0.15, -0.1) is 12.8 Å². The van der Waals surface area contributed by atoms with Crippen LogP contribution >= 0.6 is 0 Å². The molecule has 0 heterocycles. The minimum Gasteiger partial charge on any atom is -0.492 e. The maximum Gasteiger partial charge on any atom is 0.136 e. The monoisotopic (exact) mass is 430 g/mol. The molecule has 4 bridgehead atoms. The van der Waals surface area contributed by atoms with Crippen molar-refractivity contribution in [3.8, 4) is 36.2 Å². The molecule has 0 spiro atoms. The van der Waals surface area contributed by atoms with E-state index in [-0.39, 0.29) is 0 Å². The highest BCUT2D eigenvalue weighted by atomic mass is 16.5. The molecular weight excluding hydrogens is 392 g/mol. The van der Waals surface area contributed by atoms with Crippen LogP contribution < -0.4 is 9.47 Å². The number of fused-ring (bicyclic) bond motifs is 4. The molecule has 6 fully saturated rings. The topological polar surface area (TPSA) is 18.5 Å². The van der Waals surface area contributed by atoms with Crippen LogP contribution in [0.5, 0.6) is 11.5 Å². The molecule has 2 heteroatoms. The highest BCUT2D eigenvalue weighted by Crippen LogP contribution is 2.62. The first-order valence-electron chi connectivity index (χ1n) is 12.6. The minimum atomic E-state index is 0.455. The van der Waals surface area contributed by atoms with E-state index in [1.807, 2.05) is 12.1 Å². The van der Waals surface area contributed by atoms with Gasteiger partial charge in [0, 0.05) is 12.1 Å². The maximum absolute atomic E-state index is 6.30. The standard InChI is InChI=1S/C30H38O2/c1-7-19-13-28(32-18-22-10-12-24-16-26(22)30(24,5)6)20(8-2)14-27(19)31-17-21-9-11-23-15-25(21)29(23,3)4/h1-2,13-14,21-26H,9-12,15-18H2,3-6H3/t21-,22-,23+,24+,25+,26+/m0/s1. The molecule has 6 saturated carbocycles. The van der Waals surface area contributed by atoms with E-state index in [0.29, 0.717) is 22.7 Å². The Morgan fingerprint density at radius 2 is 1.16 bits per heavy atom. The van der Waals surface area contributed by atoms with Crippen molar-refractivity contribution < 1.29 is 9.47 Å². The van der Waals surface area contributed by atoms with Crippen molar-refractivity contribution in [2.24, 2.45) is 46.3 Å². The summed E-state index contributed by atoms with van der Waals surface area (Å²) in [5, 5.41) is 0. The zero-order chi connectivity index (χ0) is 22.7. The molecular formula is C30H38O2. The predicted molar refractivity (Wildman–Crippen MR) is 130 cm³/mol. The summed E-state index contributed by atoms with van der Waals surface area (Å²) in [6.45, 7) is 11.1. The lowest BCUT2D eigenvalue weighted by Crippen LogP contribution is -2.53. The zero-order valence-corrected chi connectivity index (χ0v) is 20.2. The first-order valence-corrected chi connectivity index (χ1v) is 12.6. The third-order valence-electron chi connectivity index (χ3n) is 10.3. The molecule has 2 nitrogen and oxygen atoms in total. The van der Waals surface area contributed by atoms with Crippen LogP contribution in [0.15, 0.2) is 12.1 Å². The lowest BCUT2D eigenvalue weighted by molar-refractivity contribution is -0.114. The fourth-order valence-electron chi connectivity index (χ4n) is 7.74. The van der Waals surface area contributed by atoms with Crippen molar-refractivity contribution in [2.75, 3.05) is 13.2 Å². The van der Waals surface area contributed by atoms with E-state index in [2.05, 4.69) is 39.5 Å². The summed E-state index contributed by atoms with van der Waals surface area (Å²) >= 11 is 0. The SMILES string of the molecule is C#Cc1cc(OC[C@@H]2CC[C@@H]3C[C@H]2C3(C)C)c(C#C)cc1OC[C@@H]1CC[C@@H]2C[C@H]1C2(C)C. The lowest BCUT2D eigenvalue weighted by atomic mass is 9.46. The molecule has 1 aromatic rings. The summed E-state index contributed by atoms with van der Waals surface area (Å²) in [6, 6.07) is 3.85. The first-order chi connectivity index (χ1) is 15.3. The predicted octanol–water partition coefficient (Wildman–Crippen LogP) is 6.55. The van der Waals surface area contributed by atoms with Crippen molar-refractivity contribution in [3.05, 3.63) is 23.3 Å². The van der Waals surface area contributed by atoms with Crippen molar-refractivity contribution >= 4 is 0 Å². The van der Waals surface area contributed by atoms with Crippen LogP contribution in [0.1, 0.15) is 77.3 Å². The van der Waals surface area contributed by atoms with E-state index in [9.17, 15) is 0 Å². The number of benzene rings is 1. The van der Waals surface area contributed by atoms with Crippen LogP contribution in [0.4, 0.5) is 0 Å². The second-order valence-corrected chi connectivity index (χ2v) is 12.2. The molecule has 170 valence electrons. The second-order valence-electron chi connectivity index (χ2n) is 12.2.